The zero-order valence-corrected chi connectivity index (χ0v) is 14.7. The number of H-pyrrole nitrogens is 1. The van der Waals surface area contributed by atoms with Crippen LogP contribution >= 0.6 is 0 Å². The highest BCUT2D eigenvalue weighted by molar-refractivity contribution is 5.83. The van der Waals surface area contributed by atoms with E-state index in [0.29, 0.717) is 19.0 Å². The third kappa shape index (κ3) is 3.79. The maximum Gasteiger partial charge on any atom is 0.223 e. The molecule has 4 rings (SSSR count). The van der Waals surface area contributed by atoms with Crippen LogP contribution in [0.1, 0.15) is 36.8 Å². The van der Waals surface area contributed by atoms with Crippen LogP contribution in [0.5, 0.6) is 0 Å². The second-order valence-corrected chi connectivity index (χ2v) is 7.10. The van der Waals surface area contributed by atoms with Crippen molar-refractivity contribution < 1.29 is 9.18 Å². The number of carbonyl (C=O) groups excluding carboxylic acids is 1. The van der Waals surface area contributed by atoms with Crippen molar-refractivity contribution in [3.63, 3.8) is 0 Å². The molecule has 1 aromatic heterocycles. The van der Waals surface area contributed by atoms with Crippen LogP contribution in [-0.4, -0.2) is 21.8 Å². The van der Waals surface area contributed by atoms with Crippen LogP contribution in [0.15, 0.2) is 54.7 Å². The Bertz CT molecular complexity index is 913. The number of hydrogen-bond donors (Lipinski definition) is 1. The van der Waals surface area contributed by atoms with E-state index in [1.165, 1.54) is 23.1 Å². The molecule has 2 aromatic carbocycles. The molecule has 26 heavy (non-hydrogen) atoms. The summed E-state index contributed by atoms with van der Waals surface area (Å²) in [7, 11) is 0. The summed E-state index contributed by atoms with van der Waals surface area (Å²) >= 11 is 0. The van der Waals surface area contributed by atoms with E-state index in [-0.39, 0.29) is 11.7 Å². The SMILES string of the molecule is O=C(CCCc1c[nH]c2ccccc12)N(Cc1cccc(F)c1)C1CC1. The van der Waals surface area contributed by atoms with Crippen molar-refractivity contribution in [1.82, 2.24) is 9.88 Å². The lowest BCUT2D eigenvalue weighted by atomic mass is 10.1. The molecule has 134 valence electrons. The van der Waals surface area contributed by atoms with Crippen molar-refractivity contribution in [3.8, 4) is 0 Å². The van der Waals surface area contributed by atoms with Crippen molar-refractivity contribution >= 4 is 16.8 Å². The van der Waals surface area contributed by atoms with Gasteiger partial charge in [-0.3, -0.25) is 4.79 Å². The Morgan fingerprint density at radius 2 is 2.00 bits per heavy atom. The molecular formula is C22H23FN2O. The first-order chi connectivity index (χ1) is 12.7. The fraction of sp³-hybridized carbons (Fsp3) is 0.318. The molecule has 0 bridgehead atoms. The molecule has 0 atom stereocenters. The Morgan fingerprint density at radius 3 is 2.81 bits per heavy atom. The number of aromatic nitrogens is 1. The number of nitrogens with one attached hydrogen (secondary N) is 1. The summed E-state index contributed by atoms with van der Waals surface area (Å²) in [6.07, 6.45) is 6.40. The van der Waals surface area contributed by atoms with E-state index in [1.807, 2.05) is 29.3 Å². The Balaban J connectivity index is 1.36. The van der Waals surface area contributed by atoms with Gasteiger partial charge in [0, 0.05) is 36.1 Å². The Morgan fingerprint density at radius 1 is 1.15 bits per heavy atom. The highest BCUT2D eigenvalue weighted by atomic mass is 19.1. The quantitative estimate of drug-likeness (QED) is 0.651. The number of para-hydroxylation sites is 1. The van der Waals surface area contributed by atoms with E-state index in [0.717, 1.165) is 36.8 Å². The third-order valence-corrected chi connectivity index (χ3v) is 5.06. The molecule has 0 radical (unpaired) electrons. The van der Waals surface area contributed by atoms with Gasteiger partial charge in [0.15, 0.2) is 0 Å². The predicted octanol–water partition coefficient (Wildman–Crippen LogP) is 4.82. The number of benzene rings is 2. The number of hydrogen-bond acceptors (Lipinski definition) is 1. The molecule has 1 aliphatic carbocycles. The smallest absolute Gasteiger partial charge is 0.223 e. The molecule has 1 saturated carbocycles. The molecule has 3 nitrogen and oxygen atoms in total. The first-order valence-corrected chi connectivity index (χ1v) is 9.29. The summed E-state index contributed by atoms with van der Waals surface area (Å²) in [6, 6.07) is 15.1. The molecule has 0 aliphatic heterocycles. The summed E-state index contributed by atoms with van der Waals surface area (Å²) in [4.78, 5) is 17.9. The van der Waals surface area contributed by atoms with E-state index in [4.69, 9.17) is 0 Å². The summed E-state index contributed by atoms with van der Waals surface area (Å²) in [5.41, 5.74) is 3.26. The molecule has 0 spiro atoms. The summed E-state index contributed by atoms with van der Waals surface area (Å²) < 4.78 is 13.4. The van der Waals surface area contributed by atoms with Crippen molar-refractivity contribution in [3.05, 3.63) is 71.7 Å². The van der Waals surface area contributed by atoms with E-state index >= 15 is 0 Å². The Labute approximate surface area is 152 Å². The molecule has 0 saturated heterocycles. The number of halogens is 1. The van der Waals surface area contributed by atoms with Crippen LogP contribution in [0.3, 0.4) is 0 Å². The van der Waals surface area contributed by atoms with E-state index < -0.39 is 0 Å². The average molecular weight is 350 g/mol. The zero-order chi connectivity index (χ0) is 17.9. The molecular weight excluding hydrogens is 327 g/mol. The van der Waals surface area contributed by atoms with E-state index in [9.17, 15) is 9.18 Å². The largest absolute Gasteiger partial charge is 0.361 e. The first kappa shape index (κ1) is 16.8. The van der Waals surface area contributed by atoms with Crippen molar-refractivity contribution in [1.29, 1.82) is 0 Å². The highest BCUT2D eigenvalue weighted by Crippen LogP contribution is 2.29. The van der Waals surface area contributed by atoms with Crippen molar-refractivity contribution in [2.75, 3.05) is 0 Å². The van der Waals surface area contributed by atoms with E-state index in [1.54, 1.807) is 6.07 Å². The lowest BCUT2D eigenvalue weighted by Crippen LogP contribution is -2.32. The number of fused-ring (bicyclic) bond motifs is 1. The van der Waals surface area contributed by atoms with Gasteiger partial charge >= 0.3 is 0 Å². The number of rotatable bonds is 7. The molecule has 3 aromatic rings. The Kier molecular flexibility index (Phi) is 4.74. The zero-order valence-electron chi connectivity index (χ0n) is 14.7. The van der Waals surface area contributed by atoms with Crippen LogP contribution in [0.2, 0.25) is 0 Å². The second-order valence-electron chi connectivity index (χ2n) is 7.10. The van der Waals surface area contributed by atoms with Crippen molar-refractivity contribution in [2.45, 2.75) is 44.7 Å². The number of aromatic amines is 1. The van der Waals surface area contributed by atoms with Crippen LogP contribution in [0.4, 0.5) is 4.39 Å². The third-order valence-electron chi connectivity index (χ3n) is 5.06. The fourth-order valence-electron chi connectivity index (χ4n) is 3.55. The predicted molar refractivity (Wildman–Crippen MR) is 101 cm³/mol. The van der Waals surface area contributed by atoms with Gasteiger partial charge in [0.05, 0.1) is 0 Å². The first-order valence-electron chi connectivity index (χ1n) is 9.29. The lowest BCUT2D eigenvalue weighted by Gasteiger charge is -2.22. The molecule has 1 amide bonds. The normalized spacial score (nSPS) is 13.9. The topological polar surface area (TPSA) is 36.1 Å². The second kappa shape index (κ2) is 7.32. The summed E-state index contributed by atoms with van der Waals surface area (Å²) in [5, 5.41) is 1.23. The van der Waals surface area contributed by atoms with Gasteiger partial charge in [0.2, 0.25) is 5.91 Å². The van der Waals surface area contributed by atoms with Crippen LogP contribution in [-0.2, 0) is 17.8 Å². The van der Waals surface area contributed by atoms with Crippen LogP contribution < -0.4 is 0 Å². The van der Waals surface area contributed by atoms with Crippen LogP contribution in [0.25, 0.3) is 10.9 Å². The maximum absolute atomic E-state index is 13.4. The molecule has 1 heterocycles. The number of nitrogens with zero attached hydrogens (tertiary/aromatic N) is 1. The average Bonchev–Trinajstić information content (AvgIpc) is 3.40. The summed E-state index contributed by atoms with van der Waals surface area (Å²) in [5.74, 6) is -0.0679. The minimum Gasteiger partial charge on any atom is -0.361 e. The molecule has 4 heteroatoms. The van der Waals surface area contributed by atoms with Gasteiger partial charge < -0.3 is 9.88 Å². The fourth-order valence-corrected chi connectivity index (χ4v) is 3.55. The minimum atomic E-state index is -0.245. The number of aryl methyl sites for hydroxylation is 1. The van der Waals surface area contributed by atoms with Gasteiger partial charge in [-0.1, -0.05) is 30.3 Å². The van der Waals surface area contributed by atoms with Gasteiger partial charge in [-0.15, -0.1) is 0 Å². The maximum atomic E-state index is 13.4. The molecule has 1 N–H and O–H groups in total. The van der Waals surface area contributed by atoms with Gasteiger partial charge in [-0.2, -0.15) is 0 Å². The van der Waals surface area contributed by atoms with Gasteiger partial charge in [0.1, 0.15) is 5.82 Å². The van der Waals surface area contributed by atoms with Crippen LogP contribution in [0, 0.1) is 5.82 Å². The highest BCUT2D eigenvalue weighted by Gasteiger charge is 2.32. The van der Waals surface area contributed by atoms with Crippen molar-refractivity contribution in [2.24, 2.45) is 0 Å². The van der Waals surface area contributed by atoms with Gasteiger partial charge in [-0.05, 0) is 55.0 Å². The number of amides is 1. The Hall–Kier alpha value is -2.62. The van der Waals surface area contributed by atoms with Gasteiger partial charge in [-0.25, -0.2) is 4.39 Å². The van der Waals surface area contributed by atoms with E-state index in [2.05, 4.69) is 17.1 Å². The molecule has 1 fully saturated rings. The van der Waals surface area contributed by atoms with Gasteiger partial charge in [0.25, 0.3) is 0 Å². The standard InChI is InChI=1S/C22H23FN2O/c23-18-7-3-5-16(13-18)15-25(19-11-12-19)22(26)10-4-6-17-14-24-21-9-2-1-8-20(17)21/h1-3,5,7-9,13-14,19,24H,4,6,10-12,15H2. The lowest BCUT2D eigenvalue weighted by molar-refractivity contribution is -0.132. The number of carbonyl (C=O) groups is 1. The molecule has 0 unspecified atom stereocenters. The minimum absolute atomic E-state index is 0.177. The monoisotopic (exact) mass is 350 g/mol. The summed E-state index contributed by atoms with van der Waals surface area (Å²) in [6.45, 7) is 0.508. The molecule has 1 aliphatic rings.